The second-order valence-electron chi connectivity index (χ2n) is 5.91. The molecule has 0 spiro atoms. The Morgan fingerprint density at radius 3 is 2.52 bits per heavy atom. The third kappa shape index (κ3) is 3.54. The lowest BCUT2D eigenvalue weighted by Crippen LogP contribution is -2.40. The molecule has 1 heterocycles. The predicted molar refractivity (Wildman–Crippen MR) is 87.9 cm³/mol. The maximum Gasteiger partial charge on any atom is 0.124 e. The summed E-state index contributed by atoms with van der Waals surface area (Å²) in [5.41, 5.74) is 3.49. The Bertz CT molecular complexity index is 657. The van der Waals surface area contributed by atoms with E-state index in [4.69, 9.17) is 9.47 Å². The van der Waals surface area contributed by atoms with Gasteiger partial charge in [-0.3, -0.25) is 4.90 Å². The first-order valence-corrected chi connectivity index (χ1v) is 7.85. The second kappa shape index (κ2) is 7.11. The number of hydrogen-bond donors (Lipinski definition) is 0. The summed E-state index contributed by atoms with van der Waals surface area (Å²) < 4.78 is 23.7. The van der Waals surface area contributed by atoms with E-state index < -0.39 is 0 Å². The van der Waals surface area contributed by atoms with E-state index >= 15 is 0 Å². The van der Waals surface area contributed by atoms with Crippen LogP contribution < -0.4 is 4.74 Å². The van der Waals surface area contributed by atoms with Crippen molar-refractivity contribution in [1.29, 1.82) is 0 Å². The molecule has 122 valence electrons. The number of halogens is 1. The van der Waals surface area contributed by atoms with Crippen LogP contribution in [0.4, 0.5) is 4.39 Å². The van der Waals surface area contributed by atoms with Gasteiger partial charge in [-0.1, -0.05) is 18.2 Å². The minimum absolute atomic E-state index is 0.181. The highest BCUT2D eigenvalue weighted by Gasteiger charge is 2.29. The van der Waals surface area contributed by atoms with Gasteiger partial charge in [0.05, 0.1) is 13.7 Å². The van der Waals surface area contributed by atoms with E-state index in [0.29, 0.717) is 12.6 Å². The van der Waals surface area contributed by atoms with Gasteiger partial charge in [-0.25, -0.2) is 4.39 Å². The van der Waals surface area contributed by atoms with Crippen molar-refractivity contribution in [3.05, 3.63) is 65.0 Å². The van der Waals surface area contributed by atoms with Gasteiger partial charge in [0.15, 0.2) is 0 Å². The van der Waals surface area contributed by atoms with Crippen LogP contribution >= 0.6 is 0 Å². The van der Waals surface area contributed by atoms with Crippen LogP contribution in [0, 0.1) is 5.82 Å². The van der Waals surface area contributed by atoms with Gasteiger partial charge < -0.3 is 9.47 Å². The van der Waals surface area contributed by atoms with E-state index in [1.807, 2.05) is 18.2 Å². The van der Waals surface area contributed by atoms with Crippen LogP contribution in [-0.2, 0) is 17.9 Å². The molecule has 1 fully saturated rings. The molecule has 0 radical (unpaired) electrons. The summed E-state index contributed by atoms with van der Waals surface area (Å²) >= 11 is 0. The minimum atomic E-state index is -0.181. The van der Waals surface area contributed by atoms with Crippen molar-refractivity contribution in [3.8, 4) is 5.75 Å². The van der Waals surface area contributed by atoms with Crippen LogP contribution in [0.1, 0.15) is 29.2 Å². The van der Waals surface area contributed by atoms with Crippen molar-refractivity contribution >= 4 is 0 Å². The number of likely N-dealkylation sites (tertiary alicyclic amines) is 1. The van der Waals surface area contributed by atoms with Gasteiger partial charge in [-0.05, 0) is 41.8 Å². The number of rotatable bonds is 6. The number of benzene rings is 2. The molecular formula is C19H22FNO2. The quantitative estimate of drug-likeness (QED) is 0.806. The first kappa shape index (κ1) is 16.0. The molecule has 1 aliphatic rings. The molecule has 0 saturated carbocycles. The third-order valence-electron chi connectivity index (χ3n) is 4.42. The molecular weight excluding hydrogens is 293 g/mol. The van der Waals surface area contributed by atoms with Crippen molar-refractivity contribution in [2.45, 2.75) is 25.6 Å². The summed E-state index contributed by atoms with van der Waals surface area (Å²) in [5, 5.41) is 0. The van der Waals surface area contributed by atoms with Crippen molar-refractivity contribution in [2.24, 2.45) is 0 Å². The average Bonchev–Trinajstić information content (AvgIpc) is 2.54. The van der Waals surface area contributed by atoms with Crippen LogP contribution in [0.2, 0.25) is 0 Å². The van der Waals surface area contributed by atoms with Gasteiger partial charge in [0.1, 0.15) is 11.6 Å². The lowest BCUT2D eigenvalue weighted by Gasteiger charge is -2.41. The number of ether oxygens (including phenoxy) is 2. The van der Waals surface area contributed by atoms with Gasteiger partial charge in [0.25, 0.3) is 0 Å². The van der Waals surface area contributed by atoms with Gasteiger partial charge >= 0.3 is 0 Å². The highest BCUT2D eigenvalue weighted by Crippen LogP contribution is 2.35. The summed E-state index contributed by atoms with van der Waals surface area (Å²) in [6.45, 7) is 2.48. The van der Waals surface area contributed by atoms with Crippen molar-refractivity contribution in [2.75, 3.05) is 20.8 Å². The fraction of sp³-hybridized carbons (Fsp3) is 0.368. The van der Waals surface area contributed by atoms with E-state index in [9.17, 15) is 4.39 Å². The molecule has 23 heavy (non-hydrogen) atoms. The Morgan fingerprint density at radius 1 is 1.13 bits per heavy atom. The van der Waals surface area contributed by atoms with Crippen LogP contribution in [0.25, 0.3) is 0 Å². The van der Waals surface area contributed by atoms with E-state index in [2.05, 4.69) is 17.0 Å². The molecule has 1 saturated heterocycles. The smallest absolute Gasteiger partial charge is 0.124 e. The van der Waals surface area contributed by atoms with Crippen molar-refractivity contribution < 1.29 is 13.9 Å². The van der Waals surface area contributed by atoms with Crippen LogP contribution in [0.15, 0.2) is 42.5 Å². The Balaban J connectivity index is 1.71. The second-order valence-corrected chi connectivity index (χ2v) is 5.91. The fourth-order valence-electron chi connectivity index (χ4n) is 3.13. The van der Waals surface area contributed by atoms with Crippen LogP contribution in [-0.4, -0.2) is 25.7 Å². The molecule has 2 aromatic carbocycles. The molecule has 0 aromatic heterocycles. The van der Waals surface area contributed by atoms with Crippen molar-refractivity contribution in [3.63, 3.8) is 0 Å². The molecule has 0 N–H and O–H groups in total. The first-order chi connectivity index (χ1) is 11.2. The minimum Gasteiger partial charge on any atom is -0.496 e. The number of nitrogens with zero attached hydrogens (tertiary/aromatic N) is 1. The summed E-state index contributed by atoms with van der Waals surface area (Å²) in [7, 11) is 3.36. The number of methoxy groups -OCH3 is 2. The molecule has 1 atom stereocenters. The van der Waals surface area contributed by atoms with Gasteiger partial charge in [0, 0.05) is 31.8 Å². The summed E-state index contributed by atoms with van der Waals surface area (Å²) in [6.07, 6.45) is 1.12. The molecule has 3 nitrogen and oxygen atoms in total. The summed E-state index contributed by atoms with van der Waals surface area (Å²) in [5.74, 6) is 0.674. The van der Waals surface area contributed by atoms with Crippen LogP contribution in [0.3, 0.4) is 0 Å². The molecule has 3 rings (SSSR count). The fourth-order valence-corrected chi connectivity index (χ4v) is 3.13. The Hall–Kier alpha value is -1.91. The maximum absolute atomic E-state index is 13.1. The monoisotopic (exact) mass is 315 g/mol. The van der Waals surface area contributed by atoms with Gasteiger partial charge in [-0.15, -0.1) is 0 Å². The lowest BCUT2D eigenvalue weighted by atomic mass is 9.94. The molecule has 1 aliphatic heterocycles. The average molecular weight is 315 g/mol. The standard InChI is InChI=1S/C19H22FNO2/c1-22-13-16-11-14(3-8-19(16)23-2)12-21-10-9-18(21)15-4-6-17(20)7-5-15/h3-8,11,18H,9-10,12-13H2,1-2H3/t18-/m0/s1. The maximum atomic E-state index is 13.1. The van der Waals surface area contributed by atoms with Gasteiger partial charge in [0.2, 0.25) is 0 Å². The highest BCUT2D eigenvalue weighted by molar-refractivity contribution is 5.37. The molecule has 0 aliphatic carbocycles. The summed E-state index contributed by atoms with van der Waals surface area (Å²) in [6, 6.07) is 13.5. The topological polar surface area (TPSA) is 21.7 Å². The molecule has 0 unspecified atom stereocenters. The number of hydrogen-bond acceptors (Lipinski definition) is 3. The zero-order valence-corrected chi connectivity index (χ0v) is 13.6. The van der Waals surface area contributed by atoms with E-state index in [0.717, 1.165) is 30.8 Å². The van der Waals surface area contributed by atoms with Gasteiger partial charge in [-0.2, -0.15) is 0 Å². The van der Waals surface area contributed by atoms with E-state index in [1.54, 1.807) is 14.2 Å². The zero-order valence-electron chi connectivity index (χ0n) is 13.6. The van der Waals surface area contributed by atoms with Crippen LogP contribution in [0.5, 0.6) is 5.75 Å². The molecule has 0 bridgehead atoms. The zero-order chi connectivity index (χ0) is 16.2. The molecule has 0 amide bonds. The Labute approximate surface area is 136 Å². The van der Waals surface area contributed by atoms with E-state index in [1.165, 1.54) is 23.3 Å². The third-order valence-corrected chi connectivity index (χ3v) is 4.42. The molecule has 2 aromatic rings. The Kier molecular flexibility index (Phi) is 4.94. The molecule has 4 heteroatoms. The normalized spacial score (nSPS) is 17.8. The SMILES string of the molecule is COCc1cc(CN2CC[C@H]2c2ccc(F)cc2)ccc1OC. The highest BCUT2D eigenvalue weighted by atomic mass is 19.1. The first-order valence-electron chi connectivity index (χ1n) is 7.85. The predicted octanol–water partition coefficient (Wildman–Crippen LogP) is 3.93. The van der Waals surface area contributed by atoms with Crippen molar-refractivity contribution in [1.82, 2.24) is 4.90 Å². The lowest BCUT2D eigenvalue weighted by molar-refractivity contribution is 0.0817. The summed E-state index contributed by atoms with van der Waals surface area (Å²) in [4.78, 5) is 2.41. The van der Waals surface area contributed by atoms with E-state index in [-0.39, 0.29) is 5.82 Å². The largest absolute Gasteiger partial charge is 0.496 e. The Morgan fingerprint density at radius 2 is 1.91 bits per heavy atom.